The summed E-state index contributed by atoms with van der Waals surface area (Å²) in [4.78, 5) is 45.1. The third kappa shape index (κ3) is 6.70. The fourth-order valence-corrected chi connectivity index (χ4v) is 7.11. The number of likely N-dealkylation sites (tertiary alicyclic amines) is 1. The monoisotopic (exact) mass is 690 g/mol. The van der Waals surface area contributed by atoms with Crippen LogP contribution in [0.15, 0.2) is 65.9 Å². The second kappa shape index (κ2) is 13.5. The highest BCUT2D eigenvalue weighted by Gasteiger charge is 2.41. The summed E-state index contributed by atoms with van der Waals surface area (Å²) in [6.45, 7) is 3.04. The number of carbonyl (C=O) groups excluding carboxylic acids is 3. The van der Waals surface area contributed by atoms with Crippen LogP contribution in [0.1, 0.15) is 79.4 Å². The lowest BCUT2D eigenvalue weighted by Gasteiger charge is -2.38. The number of rotatable bonds is 12. The quantitative estimate of drug-likeness (QED) is 0.0705. The molecule has 2 aliphatic carbocycles. The predicted octanol–water partition coefficient (Wildman–Crippen LogP) is 2.06. The molecule has 3 fully saturated rings. The first-order valence-electron chi connectivity index (χ1n) is 17.5. The fraction of sp³-hybridized carbons (Fsp3) is 0.417. The Labute approximate surface area is 297 Å². The van der Waals surface area contributed by atoms with E-state index in [1.807, 2.05) is 36.1 Å². The average Bonchev–Trinajstić information content (AvgIpc) is 4.04. The largest absolute Gasteiger partial charge is 0.393 e. The SMILES string of the molecule is [B]C(O)(c1cccc(C=O)n1)N1CCC(n2ncc3c2C(CC)N(C)c2c(NC(/C=C(\N)NC(=O)C4CC4)=C(/N)C(=O)NC4CC4)cccc2-3)C1. The van der Waals surface area contributed by atoms with Crippen molar-refractivity contribution >= 4 is 37.3 Å². The van der Waals surface area contributed by atoms with Crippen molar-refractivity contribution < 1.29 is 19.5 Å². The Morgan fingerprint density at radius 2 is 1.86 bits per heavy atom. The van der Waals surface area contributed by atoms with Crippen molar-refractivity contribution in [1.29, 1.82) is 0 Å². The average molecular weight is 691 g/mol. The van der Waals surface area contributed by atoms with Gasteiger partial charge in [0.25, 0.3) is 5.91 Å². The first-order chi connectivity index (χ1) is 24.5. The summed E-state index contributed by atoms with van der Waals surface area (Å²) in [7, 11) is 8.46. The number of allylic oxidation sites excluding steroid dienone is 1. The second-order valence-corrected chi connectivity index (χ2v) is 13.9. The highest BCUT2D eigenvalue weighted by molar-refractivity contribution is 6.14. The number of nitrogens with one attached hydrogen (secondary N) is 3. The van der Waals surface area contributed by atoms with Gasteiger partial charge in [0.05, 0.1) is 46.7 Å². The van der Waals surface area contributed by atoms with Crippen molar-refractivity contribution in [3.8, 4) is 11.1 Å². The van der Waals surface area contributed by atoms with E-state index in [0.29, 0.717) is 31.5 Å². The van der Waals surface area contributed by atoms with Crippen molar-refractivity contribution in [3.63, 3.8) is 0 Å². The Balaban J connectivity index is 1.20. The van der Waals surface area contributed by atoms with Gasteiger partial charge in [-0.25, -0.2) is 4.98 Å². The van der Waals surface area contributed by atoms with Crippen LogP contribution in [0, 0.1) is 5.92 Å². The van der Waals surface area contributed by atoms with E-state index in [0.717, 1.165) is 54.6 Å². The van der Waals surface area contributed by atoms with Crippen LogP contribution in [0.2, 0.25) is 0 Å². The molecule has 3 unspecified atom stereocenters. The van der Waals surface area contributed by atoms with E-state index in [2.05, 4.69) is 32.8 Å². The van der Waals surface area contributed by atoms with Crippen molar-refractivity contribution in [2.24, 2.45) is 17.4 Å². The molecule has 2 radical (unpaired) electrons. The Kier molecular flexibility index (Phi) is 9.10. The minimum absolute atomic E-state index is 0.0409. The normalized spacial score (nSPS) is 21.9. The molecule has 264 valence electrons. The maximum absolute atomic E-state index is 13.1. The summed E-state index contributed by atoms with van der Waals surface area (Å²) < 4.78 is 2.05. The van der Waals surface area contributed by atoms with E-state index in [4.69, 9.17) is 24.4 Å². The third-order valence-electron chi connectivity index (χ3n) is 10.2. The molecule has 0 bridgehead atoms. The number of fused-ring (bicyclic) bond motifs is 3. The number of nitrogens with zero attached hydrogens (tertiary/aromatic N) is 5. The van der Waals surface area contributed by atoms with Gasteiger partial charge in [-0.05, 0) is 56.7 Å². The number of amides is 2. The molecular formula is C36H43BN10O4. The number of hydrogen-bond acceptors (Lipinski definition) is 11. The summed E-state index contributed by atoms with van der Waals surface area (Å²) in [5.74, 6) is -0.517. The van der Waals surface area contributed by atoms with E-state index in [-0.39, 0.29) is 58.6 Å². The molecule has 3 atom stereocenters. The summed E-state index contributed by atoms with van der Waals surface area (Å²) in [5, 5.41) is 25.3. The number of aldehydes is 1. The third-order valence-corrected chi connectivity index (χ3v) is 10.2. The number of hydrogen-bond donors (Lipinski definition) is 6. The van der Waals surface area contributed by atoms with Gasteiger partial charge >= 0.3 is 0 Å². The molecule has 7 rings (SSSR count). The molecule has 2 aliphatic heterocycles. The molecular weight excluding hydrogens is 647 g/mol. The summed E-state index contributed by atoms with van der Waals surface area (Å²) >= 11 is 0. The van der Waals surface area contributed by atoms with E-state index in [9.17, 15) is 19.5 Å². The smallest absolute Gasteiger partial charge is 0.269 e. The lowest BCUT2D eigenvalue weighted by molar-refractivity contribution is -0.121. The highest BCUT2D eigenvalue weighted by Crippen LogP contribution is 2.50. The summed E-state index contributed by atoms with van der Waals surface area (Å²) in [5.41, 5.74) is 16.0. The van der Waals surface area contributed by atoms with Crippen LogP contribution in [0.25, 0.3) is 11.1 Å². The molecule has 1 saturated heterocycles. The standard InChI is InChI=1S/C36H43BN10O4/c1-3-28-33-25(17-40-47(33)23-14-15-46(18-23)36(37,51)29-9-4-6-22(19-48)41-29)24-7-5-8-26(32(24)45(28)2)43-27(31(39)35(50)42-21-12-13-21)16-30(38)44-34(49)20-10-11-20/h4-9,16-17,19-21,23,28,43,51H,3,10-15,18,38-39H2,1-2H3,(H,42,50)(H,44,49)/b30-16+,31-27+. The molecule has 4 aliphatic rings. The molecule has 2 aromatic heterocycles. The van der Waals surface area contributed by atoms with Gasteiger partial charge in [-0.3, -0.25) is 24.0 Å². The van der Waals surface area contributed by atoms with Gasteiger partial charge in [0.1, 0.15) is 30.7 Å². The summed E-state index contributed by atoms with van der Waals surface area (Å²) in [6, 6.07) is 10.6. The predicted molar refractivity (Wildman–Crippen MR) is 193 cm³/mol. The van der Waals surface area contributed by atoms with E-state index < -0.39 is 11.5 Å². The zero-order chi connectivity index (χ0) is 36.0. The minimum atomic E-state index is -1.86. The van der Waals surface area contributed by atoms with Crippen LogP contribution in [-0.2, 0) is 15.2 Å². The molecule has 4 heterocycles. The van der Waals surface area contributed by atoms with Gasteiger partial charge in [-0.15, -0.1) is 0 Å². The lowest BCUT2D eigenvalue weighted by Crippen LogP contribution is -2.46. The Morgan fingerprint density at radius 3 is 2.57 bits per heavy atom. The fourth-order valence-electron chi connectivity index (χ4n) is 7.11. The minimum Gasteiger partial charge on any atom is -0.393 e. The van der Waals surface area contributed by atoms with Crippen molar-refractivity contribution in [1.82, 2.24) is 30.3 Å². The number of benzene rings is 1. The number of carbonyl (C=O) groups is 3. The molecule has 0 spiro atoms. The van der Waals surface area contributed by atoms with Crippen LogP contribution in [0.3, 0.4) is 0 Å². The molecule has 2 amide bonds. The Hall–Kier alpha value is -5.15. The molecule has 2 saturated carbocycles. The van der Waals surface area contributed by atoms with Gasteiger partial charge in [0.15, 0.2) is 6.29 Å². The number of aromatic nitrogens is 3. The first-order valence-corrected chi connectivity index (χ1v) is 17.5. The number of nitrogens with two attached hydrogens (primary N) is 2. The van der Waals surface area contributed by atoms with Crippen molar-refractivity contribution in [2.45, 2.75) is 69.2 Å². The number of anilines is 2. The first kappa shape index (κ1) is 34.3. The van der Waals surface area contributed by atoms with Crippen LogP contribution < -0.4 is 32.3 Å². The topological polar surface area (TPSA) is 197 Å². The van der Waals surface area contributed by atoms with Crippen LogP contribution >= 0.6 is 0 Å². The van der Waals surface area contributed by atoms with Gasteiger partial charge in [0.2, 0.25) is 5.91 Å². The van der Waals surface area contributed by atoms with Crippen molar-refractivity contribution in [2.75, 3.05) is 30.4 Å². The summed E-state index contributed by atoms with van der Waals surface area (Å²) in [6.07, 6.45) is 8.92. The van der Waals surface area contributed by atoms with Crippen LogP contribution in [0.4, 0.5) is 11.4 Å². The molecule has 1 aromatic carbocycles. The zero-order valence-corrected chi connectivity index (χ0v) is 28.8. The Morgan fingerprint density at radius 1 is 1.10 bits per heavy atom. The number of aliphatic hydroxyl groups is 1. The van der Waals surface area contributed by atoms with E-state index >= 15 is 0 Å². The van der Waals surface area contributed by atoms with Crippen LogP contribution in [-0.4, -0.2) is 76.9 Å². The molecule has 3 aromatic rings. The Bertz CT molecular complexity index is 1930. The van der Waals surface area contributed by atoms with Gasteiger partial charge in [0, 0.05) is 49.3 Å². The van der Waals surface area contributed by atoms with Crippen molar-refractivity contribution in [3.05, 3.63) is 83.0 Å². The van der Waals surface area contributed by atoms with Gasteiger partial charge < -0.3 is 37.4 Å². The molecule has 14 nitrogen and oxygen atoms in total. The van der Waals surface area contributed by atoms with Gasteiger partial charge in [-0.1, -0.05) is 25.1 Å². The lowest BCUT2D eigenvalue weighted by atomic mass is 9.85. The zero-order valence-electron chi connectivity index (χ0n) is 28.8. The number of pyridine rings is 1. The molecule has 8 N–H and O–H groups in total. The van der Waals surface area contributed by atoms with Crippen LogP contribution in [0.5, 0.6) is 0 Å². The maximum atomic E-state index is 13.1. The highest BCUT2D eigenvalue weighted by atomic mass is 16.3. The number of para-hydroxylation sites is 1. The van der Waals surface area contributed by atoms with Gasteiger partial charge in [-0.2, -0.15) is 5.10 Å². The second-order valence-electron chi connectivity index (χ2n) is 13.9. The maximum Gasteiger partial charge on any atom is 0.269 e. The van der Waals surface area contributed by atoms with E-state index in [1.165, 1.54) is 6.08 Å². The van der Waals surface area contributed by atoms with E-state index in [1.54, 1.807) is 23.1 Å². The molecule has 51 heavy (non-hydrogen) atoms. The molecule has 15 heteroatoms.